The smallest absolute Gasteiger partial charge is 0.222 e. The number of hydrogen-bond acceptors (Lipinski definition) is 2. The van der Waals surface area contributed by atoms with Crippen molar-refractivity contribution in [2.24, 2.45) is 23.0 Å². The lowest BCUT2D eigenvalue weighted by Crippen LogP contribution is -2.43. The Balaban J connectivity index is 1.75. The van der Waals surface area contributed by atoms with E-state index in [0.717, 1.165) is 26.1 Å². The summed E-state index contributed by atoms with van der Waals surface area (Å²) in [5.41, 5.74) is 6.25. The molecule has 21 heavy (non-hydrogen) atoms. The van der Waals surface area contributed by atoms with E-state index in [4.69, 9.17) is 5.73 Å². The van der Waals surface area contributed by atoms with E-state index in [2.05, 4.69) is 18.7 Å². The van der Waals surface area contributed by atoms with Crippen molar-refractivity contribution in [2.75, 3.05) is 19.6 Å². The van der Waals surface area contributed by atoms with Gasteiger partial charge in [-0.05, 0) is 62.3 Å². The van der Waals surface area contributed by atoms with Crippen LogP contribution in [-0.2, 0) is 4.79 Å². The van der Waals surface area contributed by atoms with Crippen LogP contribution >= 0.6 is 0 Å². The number of amides is 1. The van der Waals surface area contributed by atoms with Crippen molar-refractivity contribution in [3.63, 3.8) is 0 Å². The predicted octanol–water partition coefficient (Wildman–Crippen LogP) is 3.57. The summed E-state index contributed by atoms with van der Waals surface area (Å²) in [4.78, 5) is 14.6. The summed E-state index contributed by atoms with van der Waals surface area (Å²) < 4.78 is 0. The first-order chi connectivity index (χ1) is 10.1. The third-order valence-electron chi connectivity index (χ3n) is 6.44. The molecular formula is C18H34N2O. The van der Waals surface area contributed by atoms with Gasteiger partial charge >= 0.3 is 0 Å². The van der Waals surface area contributed by atoms with Crippen LogP contribution in [0.4, 0.5) is 0 Å². The maximum absolute atomic E-state index is 12.5. The van der Waals surface area contributed by atoms with Crippen molar-refractivity contribution >= 4 is 5.91 Å². The molecule has 0 radical (unpaired) electrons. The van der Waals surface area contributed by atoms with Gasteiger partial charge in [0.25, 0.3) is 0 Å². The summed E-state index contributed by atoms with van der Waals surface area (Å²) in [5.74, 6) is 1.73. The number of nitrogens with two attached hydrogens (primary N) is 1. The highest BCUT2D eigenvalue weighted by molar-refractivity contribution is 5.76. The van der Waals surface area contributed by atoms with Crippen LogP contribution in [0.2, 0.25) is 0 Å². The molecule has 0 spiro atoms. The molecule has 0 bridgehead atoms. The molecule has 122 valence electrons. The van der Waals surface area contributed by atoms with E-state index in [0.29, 0.717) is 23.2 Å². The Hall–Kier alpha value is -0.570. The van der Waals surface area contributed by atoms with E-state index in [1.165, 1.54) is 51.4 Å². The standard InChI is InChI=1S/C18H34N2O/c1-3-18(4-2)9-11-20(12-10-18)17(21)13-15-5-7-16(14-19)8-6-15/h15-16H,3-14,19H2,1-2H3. The third-order valence-corrected chi connectivity index (χ3v) is 6.44. The lowest BCUT2D eigenvalue weighted by molar-refractivity contribution is -0.135. The minimum absolute atomic E-state index is 0.409. The zero-order valence-corrected chi connectivity index (χ0v) is 14.1. The summed E-state index contributed by atoms with van der Waals surface area (Å²) in [6.45, 7) is 7.40. The molecule has 2 N–H and O–H groups in total. The second-order valence-electron chi connectivity index (χ2n) is 7.41. The highest BCUT2D eigenvalue weighted by atomic mass is 16.2. The molecular weight excluding hydrogens is 260 g/mol. The molecule has 1 aliphatic heterocycles. The fourth-order valence-electron chi connectivity index (χ4n) is 4.23. The zero-order chi connectivity index (χ0) is 15.3. The molecule has 1 saturated carbocycles. The van der Waals surface area contributed by atoms with E-state index in [1.54, 1.807) is 0 Å². The lowest BCUT2D eigenvalue weighted by Gasteiger charge is -2.41. The first-order valence-corrected chi connectivity index (χ1v) is 9.10. The molecule has 1 aliphatic carbocycles. The first-order valence-electron chi connectivity index (χ1n) is 9.10. The van der Waals surface area contributed by atoms with Crippen LogP contribution in [0.15, 0.2) is 0 Å². The summed E-state index contributed by atoms with van der Waals surface area (Å²) in [7, 11) is 0. The first kappa shape index (κ1) is 16.8. The van der Waals surface area contributed by atoms with Crippen LogP contribution in [0.5, 0.6) is 0 Å². The van der Waals surface area contributed by atoms with E-state index in [1.807, 2.05) is 0 Å². The molecule has 0 atom stereocenters. The second-order valence-corrected chi connectivity index (χ2v) is 7.41. The lowest BCUT2D eigenvalue weighted by atomic mass is 9.74. The number of rotatable bonds is 5. The minimum Gasteiger partial charge on any atom is -0.343 e. The molecule has 1 heterocycles. The van der Waals surface area contributed by atoms with Crippen LogP contribution in [0, 0.1) is 17.3 Å². The average Bonchev–Trinajstić information content (AvgIpc) is 2.55. The van der Waals surface area contributed by atoms with E-state index in [9.17, 15) is 4.79 Å². The van der Waals surface area contributed by atoms with E-state index in [-0.39, 0.29) is 0 Å². The van der Waals surface area contributed by atoms with Gasteiger partial charge in [-0.25, -0.2) is 0 Å². The van der Waals surface area contributed by atoms with Gasteiger partial charge in [-0.15, -0.1) is 0 Å². The van der Waals surface area contributed by atoms with Crippen LogP contribution < -0.4 is 5.73 Å². The number of likely N-dealkylation sites (tertiary alicyclic amines) is 1. The summed E-state index contributed by atoms with van der Waals surface area (Å²) >= 11 is 0. The molecule has 0 aromatic rings. The highest BCUT2D eigenvalue weighted by Gasteiger charge is 2.33. The van der Waals surface area contributed by atoms with Crippen molar-refractivity contribution in [3.8, 4) is 0 Å². The quantitative estimate of drug-likeness (QED) is 0.842. The number of carbonyl (C=O) groups excluding carboxylic acids is 1. The van der Waals surface area contributed by atoms with Gasteiger partial charge in [0, 0.05) is 19.5 Å². The highest BCUT2D eigenvalue weighted by Crippen LogP contribution is 2.38. The van der Waals surface area contributed by atoms with Crippen LogP contribution in [0.3, 0.4) is 0 Å². The largest absolute Gasteiger partial charge is 0.343 e. The van der Waals surface area contributed by atoms with Crippen molar-refractivity contribution < 1.29 is 4.79 Å². The minimum atomic E-state index is 0.409. The molecule has 1 saturated heterocycles. The van der Waals surface area contributed by atoms with Gasteiger partial charge in [-0.3, -0.25) is 4.79 Å². The van der Waals surface area contributed by atoms with Crippen molar-refractivity contribution in [1.29, 1.82) is 0 Å². The number of nitrogens with zero attached hydrogens (tertiary/aromatic N) is 1. The second kappa shape index (κ2) is 7.62. The Bertz CT molecular complexity index is 320. The predicted molar refractivity (Wildman–Crippen MR) is 87.9 cm³/mol. The Morgan fingerprint density at radius 2 is 1.57 bits per heavy atom. The molecule has 2 aliphatic rings. The molecule has 3 heteroatoms. The van der Waals surface area contributed by atoms with Gasteiger partial charge in [0.1, 0.15) is 0 Å². The Kier molecular flexibility index (Phi) is 6.09. The van der Waals surface area contributed by atoms with Gasteiger partial charge < -0.3 is 10.6 Å². The fraction of sp³-hybridized carbons (Fsp3) is 0.944. The molecule has 3 nitrogen and oxygen atoms in total. The normalized spacial score (nSPS) is 29.4. The van der Waals surface area contributed by atoms with Crippen LogP contribution in [0.25, 0.3) is 0 Å². The molecule has 2 fully saturated rings. The molecule has 0 aromatic heterocycles. The van der Waals surface area contributed by atoms with Crippen LogP contribution in [0.1, 0.15) is 71.6 Å². The maximum Gasteiger partial charge on any atom is 0.222 e. The Morgan fingerprint density at radius 3 is 2.05 bits per heavy atom. The number of carbonyl (C=O) groups is 1. The van der Waals surface area contributed by atoms with Crippen molar-refractivity contribution in [2.45, 2.75) is 71.6 Å². The maximum atomic E-state index is 12.5. The van der Waals surface area contributed by atoms with Gasteiger partial charge in [-0.1, -0.05) is 26.7 Å². The van der Waals surface area contributed by atoms with E-state index >= 15 is 0 Å². The van der Waals surface area contributed by atoms with Gasteiger partial charge in [-0.2, -0.15) is 0 Å². The Labute approximate surface area is 130 Å². The molecule has 1 amide bonds. The zero-order valence-electron chi connectivity index (χ0n) is 14.1. The SMILES string of the molecule is CCC1(CC)CCN(C(=O)CC2CCC(CN)CC2)CC1. The van der Waals surface area contributed by atoms with Gasteiger partial charge in [0.05, 0.1) is 0 Å². The molecule has 0 aromatic carbocycles. The van der Waals surface area contributed by atoms with Gasteiger partial charge in [0.15, 0.2) is 0 Å². The topological polar surface area (TPSA) is 46.3 Å². The fourth-order valence-corrected chi connectivity index (χ4v) is 4.23. The number of piperidine rings is 1. The van der Waals surface area contributed by atoms with Crippen LogP contribution in [-0.4, -0.2) is 30.4 Å². The van der Waals surface area contributed by atoms with E-state index < -0.39 is 0 Å². The van der Waals surface area contributed by atoms with Crippen molar-refractivity contribution in [3.05, 3.63) is 0 Å². The summed E-state index contributed by atoms with van der Waals surface area (Å²) in [5, 5.41) is 0. The number of hydrogen-bond donors (Lipinski definition) is 1. The average molecular weight is 294 g/mol. The summed E-state index contributed by atoms with van der Waals surface area (Å²) in [6, 6.07) is 0. The van der Waals surface area contributed by atoms with Gasteiger partial charge in [0.2, 0.25) is 5.91 Å². The third kappa shape index (κ3) is 4.21. The molecule has 0 unspecified atom stereocenters. The summed E-state index contributed by atoms with van der Waals surface area (Å²) in [6.07, 6.45) is 10.6. The molecule has 2 rings (SSSR count). The monoisotopic (exact) mass is 294 g/mol. The Morgan fingerprint density at radius 1 is 1.05 bits per heavy atom. The van der Waals surface area contributed by atoms with Crippen molar-refractivity contribution in [1.82, 2.24) is 4.90 Å².